The number of Topliss-reactive ketones (excluding diaryl/α,β-unsaturated/α-hetero) is 1. The molecule has 0 aliphatic rings. The van der Waals surface area contributed by atoms with Gasteiger partial charge in [0, 0.05) is 11.1 Å². The number of rotatable bonds is 7. The number of hydrogen-bond donors (Lipinski definition) is 2. The second kappa shape index (κ2) is 10.2. The van der Waals surface area contributed by atoms with Crippen molar-refractivity contribution >= 4 is 34.9 Å². The lowest BCUT2D eigenvalue weighted by Gasteiger charge is -2.12. The Balaban J connectivity index is 1.65. The van der Waals surface area contributed by atoms with Gasteiger partial charge in [-0.15, -0.1) is 0 Å². The number of nitrogens with one attached hydrogen (secondary N) is 2. The smallest absolute Gasteiger partial charge is 0.340 e. The van der Waals surface area contributed by atoms with Crippen molar-refractivity contribution in [2.24, 2.45) is 0 Å². The second-order valence-electron chi connectivity index (χ2n) is 7.10. The van der Waals surface area contributed by atoms with Gasteiger partial charge in [0.2, 0.25) is 0 Å². The summed E-state index contributed by atoms with van der Waals surface area (Å²) in [5, 5.41) is 5.27. The van der Waals surface area contributed by atoms with Gasteiger partial charge in [0.05, 0.1) is 16.9 Å². The number of benzene rings is 3. The van der Waals surface area contributed by atoms with Crippen molar-refractivity contribution in [2.75, 3.05) is 17.2 Å². The highest BCUT2D eigenvalue weighted by atomic mass is 16.5. The summed E-state index contributed by atoms with van der Waals surface area (Å²) in [5.41, 5.74) is 2.47. The maximum absolute atomic E-state index is 12.6. The van der Waals surface area contributed by atoms with E-state index in [9.17, 15) is 19.2 Å². The SMILES string of the molecule is CC(=O)c1ccccc1NC(=O)COC(=O)c1ccccc1NC(=O)c1cccc(C)c1. The zero-order chi connectivity index (χ0) is 23.1. The number of anilines is 2. The van der Waals surface area contributed by atoms with Crippen LogP contribution in [0.2, 0.25) is 0 Å². The minimum atomic E-state index is -0.764. The van der Waals surface area contributed by atoms with Crippen molar-refractivity contribution in [1.29, 1.82) is 0 Å². The summed E-state index contributed by atoms with van der Waals surface area (Å²) in [6, 6.07) is 20.0. The molecule has 162 valence electrons. The summed E-state index contributed by atoms with van der Waals surface area (Å²) in [4.78, 5) is 49.0. The molecule has 0 heterocycles. The van der Waals surface area contributed by atoms with Crippen LogP contribution in [0, 0.1) is 6.92 Å². The van der Waals surface area contributed by atoms with Crippen LogP contribution in [0.3, 0.4) is 0 Å². The number of carbonyl (C=O) groups is 4. The highest BCUT2D eigenvalue weighted by Gasteiger charge is 2.17. The van der Waals surface area contributed by atoms with Crippen LogP contribution in [0.1, 0.15) is 43.6 Å². The van der Waals surface area contributed by atoms with Crippen molar-refractivity contribution in [1.82, 2.24) is 0 Å². The van der Waals surface area contributed by atoms with E-state index in [1.165, 1.54) is 13.0 Å². The molecule has 0 aliphatic carbocycles. The number of ether oxygens (including phenoxy) is 1. The molecule has 2 amide bonds. The molecule has 3 aromatic carbocycles. The molecule has 3 rings (SSSR count). The monoisotopic (exact) mass is 430 g/mol. The van der Waals surface area contributed by atoms with Gasteiger partial charge in [-0.2, -0.15) is 0 Å². The van der Waals surface area contributed by atoms with Gasteiger partial charge in [-0.1, -0.05) is 42.0 Å². The van der Waals surface area contributed by atoms with Crippen LogP contribution in [0.15, 0.2) is 72.8 Å². The fourth-order valence-corrected chi connectivity index (χ4v) is 3.05. The van der Waals surface area contributed by atoms with Crippen LogP contribution >= 0.6 is 0 Å². The molecule has 0 radical (unpaired) electrons. The third-order valence-corrected chi connectivity index (χ3v) is 4.59. The fraction of sp³-hybridized carbons (Fsp3) is 0.120. The molecule has 0 aromatic heterocycles. The Morgan fingerprint density at radius 1 is 0.781 bits per heavy atom. The van der Waals surface area contributed by atoms with Crippen molar-refractivity contribution in [2.45, 2.75) is 13.8 Å². The largest absolute Gasteiger partial charge is 0.452 e. The first kappa shape index (κ1) is 22.4. The minimum absolute atomic E-state index is 0.116. The predicted molar refractivity (Wildman–Crippen MR) is 121 cm³/mol. The van der Waals surface area contributed by atoms with Crippen LogP contribution in [0.5, 0.6) is 0 Å². The van der Waals surface area contributed by atoms with Crippen LogP contribution in [-0.4, -0.2) is 30.2 Å². The highest BCUT2D eigenvalue weighted by Crippen LogP contribution is 2.19. The van der Waals surface area contributed by atoms with Crippen molar-refractivity contribution < 1.29 is 23.9 Å². The lowest BCUT2D eigenvalue weighted by Crippen LogP contribution is -2.22. The number of aryl methyl sites for hydroxylation is 1. The highest BCUT2D eigenvalue weighted by molar-refractivity contribution is 6.08. The summed E-state index contributed by atoms with van der Waals surface area (Å²) in [6.07, 6.45) is 0. The predicted octanol–water partition coefficient (Wildman–Crippen LogP) is 4.25. The van der Waals surface area contributed by atoms with E-state index in [1.807, 2.05) is 13.0 Å². The average molecular weight is 430 g/mol. The molecule has 0 unspecified atom stereocenters. The van der Waals surface area contributed by atoms with Gasteiger partial charge in [0.25, 0.3) is 11.8 Å². The van der Waals surface area contributed by atoms with Crippen LogP contribution < -0.4 is 10.6 Å². The average Bonchev–Trinajstić information content (AvgIpc) is 2.78. The Labute approximate surface area is 185 Å². The van der Waals surface area contributed by atoms with E-state index in [-0.39, 0.29) is 22.9 Å². The van der Waals surface area contributed by atoms with E-state index in [1.54, 1.807) is 60.7 Å². The molecular weight excluding hydrogens is 408 g/mol. The number of hydrogen-bond acceptors (Lipinski definition) is 5. The van der Waals surface area contributed by atoms with Crippen molar-refractivity contribution in [3.05, 3.63) is 95.1 Å². The van der Waals surface area contributed by atoms with Crippen LogP contribution in [-0.2, 0) is 9.53 Å². The molecule has 7 heteroatoms. The molecule has 0 atom stereocenters. The normalized spacial score (nSPS) is 10.2. The molecule has 0 saturated heterocycles. The van der Waals surface area contributed by atoms with Crippen LogP contribution in [0.4, 0.5) is 11.4 Å². The topological polar surface area (TPSA) is 102 Å². The Morgan fingerprint density at radius 2 is 1.41 bits per heavy atom. The lowest BCUT2D eigenvalue weighted by molar-refractivity contribution is -0.119. The fourth-order valence-electron chi connectivity index (χ4n) is 3.05. The molecular formula is C25H22N2O5. The molecule has 0 fully saturated rings. The number of ketones is 1. The molecule has 0 bridgehead atoms. The molecule has 0 saturated carbocycles. The maximum Gasteiger partial charge on any atom is 0.340 e. The quantitative estimate of drug-likeness (QED) is 0.431. The number of para-hydroxylation sites is 2. The van der Waals surface area contributed by atoms with E-state index < -0.39 is 18.5 Å². The summed E-state index contributed by atoms with van der Waals surface area (Å²) < 4.78 is 5.12. The Morgan fingerprint density at radius 3 is 2.06 bits per heavy atom. The molecule has 0 aliphatic heterocycles. The minimum Gasteiger partial charge on any atom is -0.452 e. The Bertz CT molecular complexity index is 1190. The number of esters is 1. The van der Waals surface area contributed by atoms with Gasteiger partial charge in [0.15, 0.2) is 12.4 Å². The molecule has 7 nitrogen and oxygen atoms in total. The van der Waals surface area contributed by atoms with Gasteiger partial charge in [-0.05, 0) is 50.2 Å². The molecule has 0 spiro atoms. The molecule has 3 aromatic rings. The van der Waals surface area contributed by atoms with Gasteiger partial charge in [-0.3, -0.25) is 14.4 Å². The van der Waals surface area contributed by atoms with Gasteiger partial charge < -0.3 is 15.4 Å². The molecule has 2 N–H and O–H groups in total. The third-order valence-electron chi connectivity index (χ3n) is 4.59. The first-order valence-electron chi connectivity index (χ1n) is 9.89. The zero-order valence-corrected chi connectivity index (χ0v) is 17.7. The Hall–Kier alpha value is -4.26. The Kier molecular flexibility index (Phi) is 7.13. The second-order valence-corrected chi connectivity index (χ2v) is 7.10. The van der Waals surface area contributed by atoms with E-state index in [2.05, 4.69) is 10.6 Å². The van der Waals surface area contributed by atoms with Crippen LogP contribution in [0.25, 0.3) is 0 Å². The van der Waals surface area contributed by atoms with Crippen molar-refractivity contribution in [3.8, 4) is 0 Å². The maximum atomic E-state index is 12.6. The van der Waals surface area contributed by atoms with Gasteiger partial charge >= 0.3 is 5.97 Å². The third kappa shape index (κ3) is 5.66. The summed E-state index contributed by atoms with van der Waals surface area (Å²) in [7, 11) is 0. The van der Waals surface area contributed by atoms with Gasteiger partial charge in [0.1, 0.15) is 0 Å². The number of carbonyl (C=O) groups excluding carboxylic acids is 4. The van der Waals surface area contributed by atoms with Gasteiger partial charge in [-0.25, -0.2) is 4.79 Å². The first-order valence-corrected chi connectivity index (χ1v) is 9.89. The first-order chi connectivity index (χ1) is 15.3. The van der Waals surface area contributed by atoms with E-state index in [0.717, 1.165) is 5.56 Å². The lowest BCUT2D eigenvalue weighted by atomic mass is 10.1. The zero-order valence-electron chi connectivity index (χ0n) is 17.7. The molecule has 32 heavy (non-hydrogen) atoms. The van der Waals surface area contributed by atoms with Crippen molar-refractivity contribution in [3.63, 3.8) is 0 Å². The van der Waals surface area contributed by atoms with E-state index in [4.69, 9.17) is 4.74 Å². The summed E-state index contributed by atoms with van der Waals surface area (Å²) >= 11 is 0. The van der Waals surface area contributed by atoms with E-state index in [0.29, 0.717) is 16.8 Å². The standard InChI is InChI=1S/C25H22N2O5/c1-16-8-7-9-18(14-16)24(30)27-22-13-6-4-11-20(22)25(31)32-15-23(29)26-21-12-5-3-10-19(21)17(2)28/h3-14H,15H2,1-2H3,(H,26,29)(H,27,30). The summed E-state index contributed by atoms with van der Waals surface area (Å²) in [6.45, 7) is 2.72. The summed E-state index contributed by atoms with van der Waals surface area (Å²) in [5.74, 6) is -1.92. The number of amides is 2. The van der Waals surface area contributed by atoms with E-state index >= 15 is 0 Å².